The molecule has 0 saturated carbocycles. The lowest BCUT2D eigenvalue weighted by Gasteiger charge is -2.29. The number of rotatable bonds is 4. The zero-order chi connectivity index (χ0) is 19.8. The molecule has 2 nitrogen and oxygen atoms in total. The van der Waals surface area contributed by atoms with E-state index in [-0.39, 0.29) is 17.0 Å². The number of Topliss-reactive ketones (excluding diaryl/α,β-unsaturated/α-hetero) is 1. The number of aromatic nitrogens is 1. The molecule has 1 aromatic carbocycles. The van der Waals surface area contributed by atoms with E-state index in [4.69, 9.17) is 4.98 Å². The standard InChI is InChI=1S/C23H24FNOS/c1-6-21(16-11-14(2)12-17(24)13-16)27-15(3)19-8-7-18-20(25-19)9-10-23(4,5)22(18)26/h6-8,11-13H,3,9-10H2,1-2,4-5H3/b21-6-. The van der Waals surface area contributed by atoms with Crippen LogP contribution in [0.15, 0.2) is 43.0 Å². The SMILES string of the molecule is C=C(S/C(=C\C)c1cc(C)cc(F)c1)c1ccc2c(n1)CCC(C)(C)C2=O. The maximum Gasteiger partial charge on any atom is 0.170 e. The third kappa shape index (κ3) is 4.06. The lowest BCUT2D eigenvalue weighted by molar-refractivity contribution is 0.0809. The Bertz CT molecular complexity index is 939. The van der Waals surface area contributed by atoms with Crippen LogP contribution in [0.1, 0.15) is 60.1 Å². The Morgan fingerprint density at radius 1 is 1.30 bits per heavy atom. The Hall–Kier alpha value is -2.20. The van der Waals surface area contributed by atoms with Crippen molar-refractivity contribution in [3.63, 3.8) is 0 Å². The number of halogens is 1. The van der Waals surface area contributed by atoms with Gasteiger partial charge in [-0.2, -0.15) is 0 Å². The van der Waals surface area contributed by atoms with Crippen molar-refractivity contribution in [2.45, 2.75) is 40.5 Å². The summed E-state index contributed by atoms with van der Waals surface area (Å²) < 4.78 is 13.8. The van der Waals surface area contributed by atoms with Crippen LogP contribution < -0.4 is 0 Å². The third-order valence-electron chi connectivity index (χ3n) is 4.93. The summed E-state index contributed by atoms with van der Waals surface area (Å²) in [5.41, 5.74) is 3.72. The van der Waals surface area contributed by atoms with Crippen LogP contribution in [0.5, 0.6) is 0 Å². The second kappa shape index (κ2) is 7.43. The minimum atomic E-state index is -0.324. The molecule has 0 unspecified atom stereocenters. The van der Waals surface area contributed by atoms with Gasteiger partial charge < -0.3 is 0 Å². The topological polar surface area (TPSA) is 30.0 Å². The first-order chi connectivity index (χ1) is 12.7. The summed E-state index contributed by atoms with van der Waals surface area (Å²) in [5.74, 6) is -0.0889. The predicted molar refractivity (Wildman–Crippen MR) is 112 cm³/mol. The number of aryl methyl sites for hydroxylation is 2. The lowest BCUT2D eigenvalue weighted by atomic mass is 9.75. The molecular weight excluding hydrogens is 357 g/mol. The van der Waals surface area contributed by atoms with Crippen LogP contribution in [0.4, 0.5) is 4.39 Å². The molecule has 4 heteroatoms. The number of fused-ring (bicyclic) bond motifs is 1. The number of benzene rings is 1. The highest BCUT2D eigenvalue weighted by molar-refractivity contribution is 8.16. The molecule has 1 aliphatic rings. The van der Waals surface area contributed by atoms with Crippen molar-refractivity contribution in [3.05, 3.63) is 76.9 Å². The minimum absolute atomic E-state index is 0.158. The molecule has 27 heavy (non-hydrogen) atoms. The van der Waals surface area contributed by atoms with Gasteiger partial charge in [0.2, 0.25) is 0 Å². The van der Waals surface area contributed by atoms with Crippen LogP contribution in [-0.2, 0) is 6.42 Å². The van der Waals surface area contributed by atoms with Crippen LogP contribution in [0, 0.1) is 18.2 Å². The number of pyridine rings is 1. The molecule has 0 bridgehead atoms. The van der Waals surface area contributed by atoms with Gasteiger partial charge in [-0.3, -0.25) is 9.78 Å². The van der Waals surface area contributed by atoms with Gasteiger partial charge >= 0.3 is 0 Å². The molecule has 0 fully saturated rings. The lowest BCUT2D eigenvalue weighted by Crippen LogP contribution is -2.31. The number of nitrogens with zero attached hydrogens (tertiary/aromatic N) is 1. The summed E-state index contributed by atoms with van der Waals surface area (Å²) in [4.78, 5) is 19.0. The van der Waals surface area contributed by atoms with Gasteiger partial charge in [0.25, 0.3) is 0 Å². The molecule has 0 amide bonds. The zero-order valence-electron chi connectivity index (χ0n) is 16.2. The van der Waals surface area contributed by atoms with E-state index in [1.165, 1.54) is 23.9 Å². The predicted octanol–water partition coefficient (Wildman–Crippen LogP) is 6.45. The average molecular weight is 382 g/mol. The van der Waals surface area contributed by atoms with Gasteiger partial charge in [-0.1, -0.05) is 44.3 Å². The fraction of sp³-hybridized carbons (Fsp3) is 0.304. The van der Waals surface area contributed by atoms with Crippen LogP contribution in [0.25, 0.3) is 9.81 Å². The van der Waals surface area contributed by atoms with Gasteiger partial charge in [-0.05, 0) is 62.1 Å². The highest BCUT2D eigenvalue weighted by Crippen LogP contribution is 2.39. The molecule has 140 valence electrons. The van der Waals surface area contributed by atoms with Crippen LogP contribution in [0.3, 0.4) is 0 Å². The summed E-state index contributed by atoms with van der Waals surface area (Å²) in [7, 11) is 0. The van der Waals surface area contributed by atoms with Crippen molar-refractivity contribution < 1.29 is 9.18 Å². The Morgan fingerprint density at radius 2 is 2.04 bits per heavy atom. The fourth-order valence-corrected chi connectivity index (χ4v) is 4.15. The first-order valence-electron chi connectivity index (χ1n) is 9.07. The Balaban J connectivity index is 1.85. The molecule has 0 aliphatic heterocycles. The highest BCUT2D eigenvalue weighted by Gasteiger charge is 2.34. The Labute approximate surface area is 164 Å². The monoisotopic (exact) mass is 381 g/mol. The fourth-order valence-electron chi connectivity index (χ4n) is 3.31. The van der Waals surface area contributed by atoms with E-state index in [9.17, 15) is 9.18 Å². The van der Waals surface area contributed by atoms with Gasteiger partial charge in [0, 0.05) is 20.8 Å². The van der Waals surface area contributed by atoms with E-state index >= 15 is 0 Å². The van der Waals surface area contributed by atoms with Crippen molar-refractivity contribution >= 4 is 27.4 Å². The third-order valence-corrected chi connectivity index (χ3v) is 6.07. The van der Waals surface area contributed by atoms with Gasteiger partial charge in [0.1, 0.15) is 5.82 Å². The Morgan fingerprint density at radius 3 is 2.70 bits per heavy atom. The maximum atomic E-state index is 13.8. The van der Waals surface area contributed by atoms with Gasteiger partial charge in [0.15, 0.2) is 5.78 Å². The number of hydrogen-bond donors (Lipinski definition) is 0. The minimum Gasteiger partial charge on any atom is -0.294 e. The molecule has 1 aromatic heterocycles. The van der Waals surface area contributed by atoms with E-state index in [1.54, 1.807) is 0 Å². The number of thioether (sulfide) groups is 1. The largest absolute Gasteiger partial charge is 0.294 e. The zero-order valence-corrected chi connectivity index (χ0v) is 17.0. The average Bonchev–Trinajstić information content (AvgIpc) is 2.61. The van der Waals surface area contributed by atoms with Crippen LogP contribution in [-0.4, -0.2) is 10.8 Å². The molecule has 1 heterocycles. The highest BCUT2D eigenvalue weighted by atomic mass is 32.2. The van der Waals surface area contributed by atoms with Crippen LogP contribution in [0.2, 0.25) is 0 Å². The normalized spacial score (nSPS) is 16.2. The number of hydrogen-bond acceptors (Lipinski definition) is 3. The van der Waals surface area contributed by atoms with Crippen molar-refractivity contribution in [1.29, 1.82) is 0 Å². The van der Waals surface area contributed by atoms with Crippen molar-refractivity contribution in [3.8, 4) is 0 Å². The molecule has 3 rings (SSSR count). The van der Waals surface area contributed by atoms with Gasteiger partial charge in [0.05, 0.1) is 11.4 Å². The molecular formula is C23H24FNOS. The second-order valence-electron chi connectivity index (χ2n) is 7.60. The van der Waals surface area contributed by atoms with E-state index in [0.717, 1.165) is 50.7 Å². The molecule has 0 spiro atoms. The number of ketones is 1. The van der Waals surface area contributed by atoms with Crippen LogP contribution >= 0.6 is 11.8 Å². The van der Waals surface area contributed by atoms with E-state index in [2.05, 4.69) is 6.58 Å². The van der Waals surface area contributed by atoms with Gasteiger partial charge in [-0.15, -0.1) is 0 Å². The Kier molecular flexibility index (Phi) is 5.38. The van der Waals surface area contributed by atoms with E-state index < -0.39 is 0 Å². The summed E-state index contributed by atoms with van der Waals surface area (Å²) in [5, 5.41) is 0. The smallest absolute Gasteiger partial charge is 0.170 e. The molecule has 0 N–H and O–H groups in total. The molecule has 0 radical (unpaired) electrons. The quantitative estimate of drug-likeness (QED) is 0.609. The first kappa shape index (κ1) is 19.6. The second-order valence-corrected chi connectivity index (χ2v) is 8.74. The first-order valence-corrected chi connectivity index (χ1v) is 9.88. The van der Waals surface area contributed by atoms with E-state index in [0.29, 0.717) is 0 Å². The molecule has 2 aromatic rings. The van der Waals surface area contributed by atoms with Crippen molar-refractivity contribution in [2.24, 2.45) is 5.41 Å². The molecule has 1 aliphatic carbocycles. The number of carbonyl (C=O) groups is 1. The number of allylic oxidation sites excluding steroid dienone is 1. The summed E-state index contributed by atoms with van der Waals surface area (Å²) in [6.07, 6.45) is 3.55. The number of carbonyl (C=O) groups excluding carboxylic acids is 1. The van der Waals surface area contributed by atoms with Gasteiger partial charge in [-0.25, -0.2) is 4.39 Å². The summed E-state index contributed by atoms with van der Waals surface area (Å²) in [6, 6.07) is 8.73. The van der Waals surface area contributed by atoms with Crippen molar-refractivity contribution in [2.75, 3.05) is 0 Å². The molecule has 0 atom stereocenters. The van der Waals surface area contributed by atoms with E-state index in [1.807, 2.05) is 52.0 Å². The molecule has 0 saturated heterocycles. The van der Waals surface area contributed by atoms with Crippen molar-refractivity contribution in [1.82, 2.24) is 4.98 Å². The summed E-state index contributed by atoms with van der Waals surface area (Å²) >= 11 is 1.47. The maximum absolute atomic E-state index is 13.8. The summed E-state index contributed by atoms with van der Waals surface area (Å²) in [6.45, 7) is 11.9.